The van der Waals surface area contributed by atoms with E-state index >= 15 is 0 Å². The molecule has 0 fully saturated rings. The molecule has 0 aliphatic carbocycles. The highest BCUT2D eigenvalue weighted by atomic mass is 15.0. The zero-order valence-electron chi connectivity index (χ0n) is 8.57. The maximum atomic E-state index is 5.64. The summed E-state index contributed by atoms with van der Waals surface area (Å²) in [5.74, 6) is 0.354. The van der Waals surface area contributed by atoms with Crippen LogP contribution in [0.3, 0.4) is 0 Å². The fraction of sp³-hybridized carbons (Fsp3) is 0.364. The third-order valence-corrected chi connectivity index (χ3v) is 2.56. The van der Waals surface area contributed by atoms with Gasteiger partial charge in [-0.25, -0.2) is 4.98 Å². The first-order chi connectivity index (χ1) is 6.72. The van der Waals surface area contributed by atoms with E-state index in [0.29, 0.717) is 12.5 Å². The minimum atomic E-state index is 0.354. The van der Waals surface area contributed by atoms with Crippen LogP contribution >= 0.6 is 0 Å². The number of pyridine rings is 1. The fourth-order valence-corrected chi connectivity index (χ4v) is 1.59. The van der Waals surface area contributed by atoms with Gasteiger partial charge in [-0.2, -0.15) is 0 Å². The number of aromatic nitrogens is 2. The van der Waals surface area contributed by atoms with E-state index in [2.05, 4.69) is 41.6 Å². The molecule has 1 atom stereocenters. The summed E-state index contributed by atoms with van der Waals surface area (Å²) < 4.78 is 2.10. The average Bonchev–Trinajstić information content (AvgIpc) is 2.59. The molecule has 2 heterocycles. The highest BCUT2D eigenvalue weighted by Crippen LogP contribution is 2.16. The number of imidazole rings is 1. The number of nitrogens with two attached hydrogens (primary N) is 1. The summed E-state index contributed by atoms with van der Waals surface area (Å²) in [4.78, 5) is 4.36. The van der Waals surface area contributed by atoms with E-state index in [1.807, 2.05) is 6.20 Å². The lowest BCUT2D eigenvalue weighted by Crippen LogP contribution is -2.10. The Balaban J connectivity index is 2.58. The molecular formula is C11H15N3. The Labute approximate surface area is 83.6 Å². The minimum Gasteiger partial charge on any atom is -0.330 e. The fourth-order valence-electron chi connectivity index (χ4n) is 1.59. The van der Waals surface area contributed by atoms with Crippen molar-refractivity contribution in [1.29, 1.82) is 0 Å². The van der Waals surface area contributed by atoms with Gasteiger partial charge in [0.2, 0.25) is 0 Å². The van der Waals surface area contributed by atoms with Crippen LogP contribution in [-0.4, -0.2) is 15.9 Å². The molecule has 0 amide bonds. The first kappa shape index (κ1) is 9.21. The van der Waals surface area contributed by atoms with Crippen LogP contribution in [0.5, 0.6) is 0 Å². The Hall–Kier alpha value is -1.35. The number of rotatable bonds is 2. The molecule has 3 nitrogen and oxygen atoms in total. The van der Waals surface area contributed by atoms with Gasteiger partial charge in [0.05, 0.1) is 0 Å². The Bertz CT molecular complexity index is 445. The topological polar surface area (TPSA) is 43.3 Å². The first-order valence-corrected chi connectivity index (χ1v) is 4.86. The zero-order valence-corrected chi connectivity index (χ0v) is 8.57. The van der Waals surface area contributed by atoms with Gasteiger partial charge in [0, 0.05) is 30.6 Å². The van der Waals surface area contributed by atoms with Crippen LogP contribution in [0.4, 0.5) is 0 Å². The summed E-state index contributed by atoms with van der Waals surface area (Å²) in [7, 11) is 0. The van der Waals surface area contributed by atoms with Gasteiger partial charge < -0.3 is 10.1 Å². The van der Waals surface area contributed by atoms with E-state index in [1.165, 1.54) is 11.3 Å². The Morgan fingerprint density at radius 3 is 3.07 bits per heavy atom. The number of aryl methyl sites for hydroxylation is 1. The van der Waals surface area contributed by atoms with Crippen LogP contribution in [0, 0.1) is 6.92 Å². The lowest BCUT2D eigenvalue weighted by molar-refractivity contribution is 0.736. The standard InChI is InChI=1S/C11H15N3/c1-8-3-4-14-10(9(2)6-12)7-13-11(14)5-8/h3-5,7,9H,6,12H2,1-2H3. The Morgan fingerprint density at radius 2 is 2.36 bits per heavy atom. The van der Waals surface area contributed by atoms with Gasteiger partial charge in [-0.1, -0.05) is 6.92 Å². The van der Waals surface area contributed by atoms with Crippen molar-refractivity contribution in [2.45, 2.75) is 19.8 Å². The summed E-state index contributed by atoms with van der Waals surface area (Å²) in [6.07, 6.45) is 3.96. The molecule has 2 rings (SSSR count). The maximum Gasteiger partial charge on any atom is 0.137 e. The van der Waals surface area contributed by atoms with Crippen molar-refractivity contribution in [2.24, 2.45) is 5.73 Å². The molecule has 0 aliphatic rings. The van der Waals surface area contributed by atoms with Crippen LogP contribution in [0.15, 0.2) is 24.5 Å². The number of hydrogen-bond donors (Lipinski definition) is 1. The average molecular weight is 189 g/mol. The van der Waals surface area contributed by atoms with Gasteiger partial charge >= 0.3 is 0 Å². The Morgan fingerprint density at radius 1 is 1.57 bits per heavy atom. The molecule has 2 N–H and O–H groups in total. The predicted molar refractivity (Wildman–Crippen MR) is 57.4 cm³/mol. The minimum absolute atomic E-state index is 0.354. The Kier molecular flexibility index (Phi) is 2.25. The number of nitrogens with zero attached hydrogens (tertiary/aromatic N) is 2. The molecule has 3 heteroatoms. The molecular weight excluding hydrogens is 174 g/mol. The van der Waals surface area contributed by atoms with Gasteiger partial charge in [-0.3, -0.25) is 0 Å². The molecule has 0 spiro atoms. The molecule has 0 radical (unpaired) electrons. The van der Waals surface area contributed by atoms with Crippen molar-refractivity contribution >= 4 is 5.65 Å². The first-order valence-electron chi connectivity index (χ1n) is 4.86. The van der Waals surface area contributed by atoms with Gasteiger partial charge in [0.15, 0.2) is 0 Å². The summed E-state index contributed by atoms with van der Waals surface area (Å²) >= 11 is 0. The van der Waals surface area contributed by atoms with E-state index in [0.717, 1.165) is 5.65 Å². The van der Waals surface area contributed by atoms with Gasteiger partial charge in [0.25, 0.3) is 0 Å². The summed E-state index contributed by atoms with van der Waals surface area (Å²) in [6.45, 7) is 4.84. The summed E-state index contributed by atoms with van der Waals surface area (Å²) in [5, 5.41) is 0. The quantitative estimate of drug-likeness (QED) is 0.781. The molecule has 74 valence electrons. The zero-order chi connectivity index (χ0) is 10.1. The van der Waals surface area contributed by atoms with E-state index in [-0.39, 0.29) is 0 Å². The van der Waals surface area contributed by atoms with Crippen molar-refractivity contribution in [3.8, 4) is 0 Å². The van der Waals surface area contributed by atoms with Gasteiger partial charge in [-0.15, -0.1) is 0 Å². The second-order valence-electron chi connectivity index (χ2n) is 3.75. The van der Waals surface area contributed by atoms with Gasteiger partial charge in [-0.05, 0) is 24.6 Å². The van der Waals surface area contributed by atoms with Crippen molar-refractivity contribution in [3.63, 3.8) is 0 Å². The highest BCUT2D eigenvalue weighted by Gasteiger charge is 2.08. The van der Waals surface area contributed by atoms with Crippen LogP contribution in [0.25, 0.3) is 5.65 Å². The lowest BCUT2D eigenvalue weighted by Gasteiger charge is -2.07. The van der Waals surface area contributed by atoms with Crippen molar-refractivity contribution in [1.82, 2.24) is 9.38 Å². The molecule has 2 aromatic rings. The molecule has 0 saturated heterocycles. The van der Waals surface area contributed by atoms with Crippen molar-refractivity contribution in [2.75, 3.05) is 6.54 Å². The molecule has 0 aromatic carbocycles. The molecule has 2 aromatic heterocycles. The second-order valence-corrected chi connectivity index (χ2v) is 3.75. The van der Waals surface area contributed by atoms with E-state index in [9.17, 15) is 0 Å². The third-order valence-electron chi connectivity index (χ3n) is 2.56. The number of hydrogen-bond acceptors (Lipinski definition) is 2. The second kappa shape index (κ2) is 3.42. The smallest absolute Gasteiger partial charge is 0.137 e. The SMILES string of the molecule is Cc1ccn2c(C(C)CN)cnc2c1. The number of fused-ring (bicyclic) bond motifs is 1. The normalized spacial score (nSPS) is 13.4. The van der Waals surface area contributed by atoms with Crippen LogP contribution in [0.2, 0.25) is 0 Å². The van der Waals surface area contributed by atoms with Crippen LogP contribution in [-0.2, 0) is 0 Å². The van der Waals surface area contributed by atoms with Crippen LogP contribution in [0.1, 0.15) is 24.1 Å². The lowest BCUT2D eigenvalue weighted by atomic mass is 10.1. The van der Waals surface area contributed by atoms with E-state index < -0.39 is 0 Å². The van der Waals surface area contributed by atoms with E-state index in [1.54, 1.807) is 0 Å². The summed E-state index contributed by atoms with van der Waals surface area (Å²) in [5.41, 5.74) is 9.06. The molecule has 0 aliphatic heterocycles. The van der Waals surface area contributed by atoms with Crippen molar-refractivity contribution < 1.29 is 0 Å². The van der Waals surface area contributed by atoms with E-state index in [4.69, 9.17) is 5.73 Å². The largest absolute Gasteiger partial charge is 0.330 e. The third kappa shape index (κ3) is 1.40. The van der Waals surface area contributed by atoms with Gasteiger partial charge in [0.1, 0.15) is 5.65 Å². The molecule has 0 saturated carbocycles. The van der Waals surface area contributed by atoms with Crippen LogP contribution < -0.4 is 5.73 Å². The monoisotopic (exact) mass is 189 g/mol. The summed E-state index contributed by atoms with van der Waals surface area (Å²) in [6, 6.07) is 4.16. The molecule has 1 unspecified atom stereocenters. The maximum absolute atomic E-state index is 5.64. The molecule has 0 bridgehead atoms. The van der Waals surface area contributed by atoms with Crippen molar-refractivity contribution in [3.05, 3.63) is 35.8 Å². The predicted octanol–water partition coefficient (Wildman–Crippen LogP) is 1.70. The highest BCUT2D eigenvalue weighted by molar-refractivity contribution is 5.43. The molecule has 14 heavy (non-hydrogen) atoms.